The number of hydrogen-bond donors (Lipinski definition) is 1. The van der Waals surface area contributed by atoms with Crippen molar-refractivity contribution in [2.75, 3.05) is 12.0 Å². The van der Waals surface area contributed by atoms with Crippen molar-refractivity contribution in [3.05, 3.63) is 11.6 Å². The van der Waals surface area contributed by atoms with E-state index in [0.717, 1.165) is 44.3 Å². The Balaban J connectivity index is 1.71. The predicted octanol–water partition coefficient (Wildman–Crippen LogP) is 4.62. The molecular weight excluding hydrogens is 340 g/mol. The van der Waals surface area contributed by atoms with E-state index in [1.807, 2.05) is 24.8 Å². The number of carbonyl (C=O) groups excluding carboxylic acids is 1. The summed E-state index contributed by atoms with van der Waals surface area (Å²) in [5, 5.41) is 11.3. The first kappa shape index (κ1) is 18.6. The van der Waals surface area contributed by atoms with Crippen molar-refractivity contribution >= 4 is 17.5 Å². The average Bonchev–Trinajstić information content (AvgIpc) is 2.87. The van der Waals surface area contributed by atoms with Crippen molar-refractivity contribution in [2.45, 2.75) is 70.8 Å². The molecule has 4 aliphatic carbocycles. The first-order valence-electron chi connectivity index (χ1n) is 10.3. The molecule has 142 valence electrons. The van der Waals surface area contributed by atoms with E-state index in [1.54, 1.807) is 0 Å². The van der Waals surface area contributed by atoms with Crippen molar-refractivity contribution in [1.29, 1.82) is 0 Å². The fraction of sp³-hybridized carbons (Fsp3) is 0.783. The molecule has 1 N–H and O–H groups in total. The molecule has 0 radical (unpaired) electrons. The first-order chi connectivity index (χ1) is 12.4. The van der Waals surface area contributed by atoms with E-state index in [2.05, 4.69) is 25.0 Å². The summed E-state index contributed by atoms with van der Waals surface area (Å²) in [6, 6.07) is 0. The Kier molecular flexibility index (Phi) is 4.60. The molecule has 3 heteroatoms. The molecule has 0 aromatic rings. The average molecular weight is 373 g/mol. The highest BCUT2D eigenvalue weighted by Crippen LogP contribution is 2.67. The maximum atomic E-state index is 12.1. The minimum Gasteiger partial charge on any atom is -0.377 e. The molecule has 0 spiro atoms. The second-order valence-corrected chi connectivity index (χ2v) is 10.2. The summed E-state index contributed by atoms with van der Waals surface area (Å²) >= 11 is 1.95. The standard InChI is InChI=1S/C23H32O2S/c1-4-10-23(25)13-9-19-18-6-5-16-14-17(24)7-12-22(16,15-26-3)20(18)8-11-21(19,23)2/h14,18-20,25H,5-9,11-13,15H2,1-3H3/t18-,19-,20-,21-,22+,23-/m0/s1. The molecule has 0 bridgehead atoms. The van der Waals surface area contributed by atoms with E-state index >= 15 is 0 Å². The predicted molar refractivity (Wildman–Crippen MR) is 108 cm³/mol. The number of aliphatic hydroxyl groups is 1. The second-order valence-electron chi connectivity index (χ2n) is 9.37. The lowest BCUT2D eigenvalue weighted by atomic mass is 9.46. The highest BCUT2D eigenvalue weighted by atomic mass is 32.2. The Bertz CT molecular complexity index is 701. The lowest BCUT2D eigenvalue weighted by Crippen LogP contribution is -2.55. The van der Waals surface area contributed by atoms with Gasteiger partial charge in [-0.25, -0.2) is 0 Å². The number of allylic oxidation sites excluding steroid dienone is 1. The molecule has 3 fully saturated rings. The monoisotopic (exact) mass is 372 g/mol. The molecule has 0 aromatic heterocycles. The van der Waals surface area contributed by atoms with E-state index in [1.165, 1.54) is 18.4 Å². The minimum absolute atomic E-state index is 0.0660. The zero-order valence-electron chi connectivity index (χ0n) is 16.4. The van der Waals surface area contributed by atoms with Gasteiger partial charge in [-0.3, -0.25) is 4.79 Å². The van der Waals surface area contributed by atoms with E-state index in [0.29, 0.717) is 23.5 Å². The molecule has 0 aliphatic heterocycles. The molecule has 4 rings (SSSR count). The second kappa shape index (κ2) is 6.42. The van der Waals surface area contributed by atoms with Crippen molar-refractivity contribution in [3.8, 4) is 11.8 Å². The molecule has 6 atom stereocenters. The van der Waals surface area contributed by atoms with Crippen LogP contribution in [0, 0.1) is 40.4 Å². The number of fused-ring (bicyclic) bond motifs is 5. The van der Waals surface area contributed by atoms with Gasteiger partial charge in [-0.05, 0) is 82.0 Å². The highest BCUT2D eigenvalue weighted by molar-refractivity contribution is 7.98. The zero-order chi connectivity index (χ0) is 18.6. The molecule has 26 heavy (non-hydrogen) atoms. The van der Waals surface area contributed by atoms with Gasteiger partial charge in [-0.15, -0.1) is 5.92 Å². The summed E-state index contributed by atoms with van der Waals surface area (Å²) in [5.74, 6) is 9.62. The van der Waals surface area contributed by atoms with Crippen LogP contribution in [-0.2, 0) is 4.79 Å². The van der Waals surface area contributed by atoms with Gasteiger partial charge in [0, 0.05) is 23.0 Å². The maximum absolute atomic E-state index is 12.1. The van der Waals surface area contributed by atoms with Gasteiger partial charge in [-0.2, -0.15) is 11.8 Å². The third-order valence-electron chi connectivity index (χ3n) is 8.57. The third-order valence-corrected chi connectivity index (χ3v) is 9.38. The Morgan fingerprint density at radius 2 is 1.96 bits per heavy atom. The summed E-state index contributed by atoms with van der Waals surface area (Å²) in [7, 11) is 0. The van der Waals surface area contributed by atoms with Crippen molar-refractivity contribution in [3.63, 3.8) is 0 Å². The number of carbonyl (C=O) groups is 1. The number of thioether (sulfide) groups is 1. The normalized spacial score (nSPS) is 47.2. The van der Waals surface area contributed by atoms with Crippen LogP contribution in [0.15, 0.2) is 11.6 Å². The minimum atomic E-state index is -0.803. The van der Waals surface area contributed by atoms with Gasteiger partial charge in [0.15, 0.2) is 5.78 Å². The third kappa shape index (κ3) is 2.41. The van der Waals surface area contributed by atoms with Crippen LogP contribution in [0.5, 0.6) is 0 Å². The quantitative estimate of drug-likeness (QED) is 0.719. The first-order valence-corrected chi connectivity index (χ1v) is 11.7. The summed E-state index contributed by atoms with van der Waals surface area (Å²) in [4.78, 5) is 12.1. The van der Waals surface area contributed by atoms with Crippen molar-refractivity contribution < 1.29 is 9.90 Å². The van der Waals surface area contributed by atoms with Gasteiger partial charge < -0.3 is 5.11 Å². The van der Waals surface area contributed by atoms with E-state index < -0.39 is 5.60 Å². The SMILES string of the molecule is CC#C[C@]1(O)CC[C@H]2[C@@H]3CCC4=CC(=O)CC[C@]4(CSC)[C@H]3CC[C@@]21C. The molecular formula is C23H32O2S. The summed E-state index contributed by atoms with van der Waals surface area (Å²) in [6.07, 6.45) is 12.4. The summed E-state index contributed by atoms with van der Waals surface area (Å²) < 4.78 is 0. The van der Waals surface area contributed by atoms with Crippen LogP contribution in [0.2, 0.25) is 0 Å². The Labute approximate surface area is 162 Å². The molecule has 0 amide bonds. The molecule has 4 aliphatic rings. The van der Waals surface area contributed by atoms with Crippen LogP contribution in [0.4, 0.5) is 0 Å². The molecule has 0 unspecified atom stereocenters. The van der Waals surface area contributed by atoms with Gasteiger partial charge in [-0.1, -0.05) is 18.4 Å². The number of hydrogen-bond acceptors (Lipinski definition) is 3. The van der Waals surface area contributed by atoms with Gasteiger partial charge >= 0.3 is 0 Å². The van der Waals surface area contributed by atoms with Gasteiger partial charge in [0.05, 0.1) is 0 Å². The van der Waals surface area contributed by atoms with Crippen LogP contribution in [0.1, 0.15) is 65.2 Å². The van der Waals surface area contributed by atoms with Gasteiger partial charge in [0.1, 0.15) is 5.60 Å². The number of rotatable bonds is 2. The van der Waals surface area contributed by atoms with Crippen LogP contribution < -0.4 is 0 Å². The maximum Gasteiger partial charge on any atom is 0.155 e. The molecule has 0 saturated heterocycles. The fourth-order valence-electron chi connectivity index (χ4n) is 7.32. The van der Waals surface area contributed by atoms with E-state index in [9.17, 15) is 9.90 Å². The van der Waals surface area contributed by atoms with Crippen LogP contribution in [-0.4, -0.2) is 28.5 Å². The zero-order valence-corrected chi connectivity index (χ0v) is 17.3. The van der Waals surface area contributed by atoms with Gasteiger partial charge in [0.25, 0.3) is 0 Å². The molecule has 0 heterocycles. The Hall–Kier alpha value is -0.720. The molecule has 0 aromatic carbocycles. The summed E-state index contributed by atoms with van der Waals surface area (Å²) in [6.45, 7) is 4.16. The largest absolute Gasteiger partial charge is 0.377 e. The Morgan fingerprint density at radius 3 is 2.69 bits per heavy atom. The lowest BCUT2D eigenvalue weighted by Gasteiger charge is -2.59. The van der Waals surface area contributed by atoms with Crippen LogP contribution in [0.25, 0.3) is 0 Å². The van der Waals surface area contributed by atoms with Crippen LogP contribution >= 0.6 is 11.8 Å². The lowest BCUT2D eigenvalue weighted by molar-refractivity contribution is -0.119. The summed E-state index contributed by atoms with van der Waals surface area (Å²) in [5.41, 5.74) is 0.815. The highest BCUT2D eigenvalue weighted by Gasteiger charge is 2.64. The molecule has 3 saturated carbocycles. The molecule has 2 nitrogen and oxygen atoms in total. The van der Waals surface area contributed by atoms with Crippen molar-refractivity contribution in [1.82, 2.24) is 0 Å². The smallest absolute Gasteiger partial charge is 0.155 e. The van der Waals surface area contributed by atoms with Crippen LogP contribution in [0.3, 0.4) is 0 Å². The topological polar surface area (TPSA) is 37.3 Å². The van der Waals surface area contributed by atoms with Crippen molar-refractivity contribution in [2.24, 2.45) is 28.6 Å². The van der Waals surface area contributed by atoms with E-state index in [4.69, 9.17) is 0 Å². The van der Waals surface area contributed by atoms with Gasteiger partial charge in [0.2, 0.25) is 0 Å². The fourth-order valence-corrected chi connectivity index (χ4v) is 8.38. The van der Waals surface area contributed by atoms with E-state index in [-0.39, 0.29) is 10.8 Å². The number of ketones is 1. The Morgan fingerprint density at radius 1 is 1.19 bits per heavy atom.